The van der Waals surface area contributed by atoms with Crippen LogP contribution in [0.25, 0.3) is 6.08 Å². The van der Waals surface area contributed by atoms with Gasteiger partial charge in [0.05, 0.1) is 16.4 Å². The van der Waals surface area contributed by atoms with Crippen molar-refractivity contribution in [2.24, 2.45) is 4.99 Å². The molecule has 0 aliphatic heterocycles. The van der Waals surface area contributed by atoms with Gasteiger partial charge < -0.3 is 0 Å². The number of hydrogen-bond acceptors (Lipinski definition) is 2. The van der Waals surface area contributed by atoms with E-state index in [4.69, 9.17) is 0 Å². The van der Waals surface area contributed by atoms with Crippen LogP contribution in [0, 0.1) is 23.5 Å². The summed E-state index contributed by atoms with van der Waals surface area (Å²) < 4.78 is 28.3. The zero-order valence-corrected chi connectivity index (χ0v) is 17.3. The Morgan fingerprint density at radius 2 is 1.79 bits per heavy atom. The summed E-state index contributed by atoms with van der Waals surface area (Å²) >= 11 is 4.46. The molecule has 1 nitrogen and oxygen atoms in total. The van der Waals surface area contributed by atoms with Crippen LogP contribution in [0.15, 0.2) is 40.9 Å². The Morgan fingerprint density at radius 3 is 2.52 bits per heavy atom. The van der Waals surface area contributed by atoms with Crippen LogP contribution in [-0.4, -0.2) is 5.16 Å². The maximum absolute atomic E-state index is 14.1. The summed E-state index contributed by atoms with van der Waals surface area (Å²) in [5.41, 5.74) is 4.58. The van der Waals surface area contributed by atoms with Gasteiger partial charge in [0.2, 0.25) is 0 Å². The number of nitrogens with zero attached hydrogens (tertiary/aromatic N) is 1. The largest absolute Gasteiger partial charge is 0.205 e. The van der Waals surface area contributed by atoms with Gasteiger partial charge in [0.25, 0.3) is 0 Å². The third-order valence-corrected chi connectivity index (χ3v) is 5.16. The van der Waals surface area contributed by atoms with Crippen LogP contribution in [0.2, 0.25) is 0 Å². The predicted molar refractivity (Wildman–Crippen MR) is 119 cm³/mol. The molecule has 0 saturated heterocycles. The molecule has 0 atom stereocenters. The number of hydrogen-bond donors (Lipinski definition) is 0. The number of isothiocyanates is 1. The lowest BCUT2D eigenvalue weighted by Crippen LogP contribution is -2.00. The number of rotatable bonds is 6. The fraction of sp³-hybridized carbons (Fsp3) is 0.320. The Labute approximate surface area is 176 Å². The van der Waals surface area contributed by atoms with Crippen molar-refractivity contribution in [3.05, 3.63) is 69.8 Å². The maximum Gasteiger partial charge on any atom is 0.143 e. The lowest BCUT2D eigenvalue weighted by molar-refractivity contribution is 0.578. The zero-order chi connectivity index (χ0) is 20.6. The van der Waals surface area contributed by atoms with Crippen LogP contribution >= 0.6 is 12.2 Å². The normalized spacial score (nSPS) is 12.3. The van der Waals surface area contributed by atoms with Crippen molar-refractivity contribution >= 4 is 29.1 Å². The second kappa shape index (κ2) is 10.3. The van der Waals surface area contributed by atoms with Crippen LogP contribution < -0.4 is 0 Å². The second-order valence-electron chi connectivity index (χ2n) is 7.25. The van der Waals surface area contributed by atoms with Gasteiger partial charge >= 0.3 is 0 Å². The van der Waals surface area contributed by atoms with Crippen LogP contribution in [0.5, 0.6) is 0 Å². The highest BCUT2D eigenvalue weighted by molar-refractivity contribution is 7.78. The first-order valence-corrected chi connectivity index (χ1v) is 10.4. The average molecular weight is 408 g/mol. The van der Waals surface area contributed by atoms with Crippen LogP contribution in [-0.2, 0) is 12.8 Å². The molecule has 0 heterocycles. The highest BCUT2D eigenvalue weighted by Crippen LogP contribution is 2.26. The molecular formula is C25H23F2NS. The van der Waals surface area contributed by atoms with E-state index in [2.05, 4.69) is 59.3 Å². The number of aryl methyl sites for hydroxylation is 2. The highest BCUT2D eigenvalue weighted by Gasteiger charge is 2.12. The van der Waals surface area contributed by atoms with Crippen molar-refractivity contribution in [3.8, 4) is 11.8 Å². The molecule has 0 aromatic heterocycles. The number of halogens is 2. The SMILES string of the molecule is CCCCCCc1ccc2c(c1)CCC(C#Cc1c(F)cc(N=C=S)cc1F)=C2. The molecule has 1 aliphatic carbocycles. The molecule has 0 radical (unpaired) electrons. The monoisotopic (exact) mass is 407 g/mol. The van der Waals surface area contributed by atoms with E-state index in [9.17, 15) is 8.78 Å². The average Bonchev–Trinajstić information content (AvgIpc) is 2.71. The summed E-state index contributed by atoms with van der Waals surface area (Å²) in [6.07, 6.45) is 9.85. The minimum atomic E-state index is -0.744. The van der Waals surface area contributed by atoms with E-state index in [1.54, 1.807) is 0 Å². The molecule has 3 rings (SSSR count). The molecule has 0 N–H and O–H groups in total. The Balaban J connectivity index is 1.75. The second-order valence-corrected chi connectivity index (χ2v) is 7.43. The summed E-state index contributed by atoms with van der Waals surface area (Å²) in [5.74, 6) is 4.10. The molecule has 1 aliphatic rings. The predicted octanol–water partition coefficient (Wildman–Crippen LogP) is 7.20. The van der Waals surface area contributed by atoms with Crippen molar-refractivity contribution in [3.63, 3.8) is 0 Å². The third-order valence-electron chi connectivity index (χ3n) is 5.07. The number of fused-ring (bicyclic) bond motifs is 1. The number of allylic oxidation sites excluding steroid dienone is 1. The topological polar surface area (TPSA) is 12.4 Å². The lowest BCUT2D eigenvalue weighted by atomic mass is 9.90. The molecule has 0 spiro atoms. The number of benzene rings is 2. The van der Waals surface area contributed by atoms with E-state index in [0.29, 0.717) is 0 Å². The van der Waals surface area contributed by atoms with Crippen LogP contribution in [0.1, 0.15) is 61.3 Å². The molecule has 2 aromatic carbocycles. The number of thiocarbonyl (C=S) groups is 1. The van der Waals surface area contributed by atoms with Gasteiger partial charge in [-0.05, 0) is 60.7 Å². The van der Waals surface area contributed by atoms with Gasteiger partial charge in [0.1, 0.15) is 11.6 Å². The van der Waals surface area contributed by atoms with E-state index < -0.39 is 11.6 Å². The van der Waals surface area contributed by atoms with Gasteiger partial charge in [-0.3, -0.25) is 0 Å². The minimum absolute atomic E-state index is 0.0943. The van der Waals surface area contributed by atoms with E-state index in [-0.39, 0.29) is 11.3 Å². The van der Waals surface area contributed by atoms with Gasteiger partial charge in [0, 0.05) is 17.7 Å². The molecular weight excluding hydrogens is 384 g/mol. The minimum Gasteiger partial charge on any atom is -0.205 e. The zero-order valence-electron chi connectivity index (χ0n) is 16.5. The van der Waals surface area contributed by atoms with E-state index in [1.807, 2.05) is 6.08 Å². The Morgan fingerprint density at radius 1 is 1.00 bits per heavy atom. The van der Waals surface area contributed by atoms with Crippen LogP contribution in [0.4, 0.5) is 14.5 Å². The van der Waals surface area contributed by atoms with Crippen molar-refractivity contribution in [1.29, 1.82) is 0 Å². The van der Waals surface area contributed by atoms with Gasteiger partial charge in [-0.15, -0.1) is 0 Å². The summed E-state index contributed by atoms with van der Waals surface area (Å²) in [6.45, 7) is 2.22. The molecule has 148 valence electrons. The molecule has 0 saturated carbocycles. The summed E-state index contributed by atoms with van der Waals surface area (Å²) in [7, 11) is 0. The number of aliphatic imine (C=N–C) groups is 1. The van der Waals surface area contributed by atoms with E-state index in [1.165, 1.54) is 36.8 Å². The molecule has 29 heavy (non-hydrogen) atoms. The molecule has 0 unspecified atom stereocenters. The molecule has 0 bridgehead atoms. The first-order valence-electron chi connectivity index (χ1n) is 10.0. The molecule has 0 fully saturated rings. The lowest BCUT2D eigenvalue weighted by Gasteiger charge is -2.15. The maximum atomic E-state index is 14.1. The van der Waals surface area contributed by atoms with Gasteiger partial charge in [0.15, 0.2) is 0 Å². The van der Waals surface area contributed by atoms with Crippen molar-refractivity contribution in [2.45, 2.75) is 51.9 Å². The third kappa shape index (κ3) is 5.70. The van der Waals surface area contributed by atoms with Crippen molar-refractivity contribution < 1.29 is 8.78 Å². The first kappa shape index (κ1) is 21.1. The van der Waals surface area contributed by atoms with Gasteiger partial charge in [-0.2, -0.15) is 4.99 Å². The van der Waals surface area contributed by atoms with E-state index in [0.717, 1.165) is 42.5 Å². The van der Waals surface area contributed by atoms with Crippen molar-refractivity contribution in [1.82, 2.24) is 0 Å². The van der Waals surface area contributed by atoms with Crippen molar-refractivity contribution in [2.75, 3.05) is 0 Å². The molecule has 4 heteroatoms. The first-order chi connectivity index (χ1) is 14.1. The Bertz CT molecular complexity index is 1010. The summed E-state index contributed by atoms with van der Waals surface area (Å²) in [6, 6.07) is 8.81. The molecule has 0 amide bonds. The summed E-state index contributed by atoms with van der Waals surface area (Å²) in [5, 5.41) is 2.10. The summed E-state index contributed by atoms with van der Waals surface area (Å²) in [4.78, 5) is 3.60. The fourth-order valence-corrected chi connectivity index (χ4v) is 3.60. The van der Waals surface area contributed by atoms with E-state index >= 15 is 0 Å². The molecule has 2 aromatic rings. The Hall–Kier alpha value is -2.60. The Kier molecular flexibility index (Phi) is 7.47. The smallest absolute Gasteiger partial charge is 0.143 e. The quantitative estimate of drug-likeness (QED) is 0.213. The number of unbranched alkanes of at least 4 members (excludes halogenated alkanes) is 3. The van der Waals surface area contributed by atoms with Gasteiger partial charge in [-0.1, -0.05) is 56.2 Å². The highest BCUT2D eigenvalue weighted by atomic mass is 32.1. The van der Waals surface area contributed by atoms with Gasteiger partial charge in [-0.25, -0.2) is 8.78 Å². The standard InChI is InChI=1S/C25H23F2NS/c1-2-3-4-5-6-18-7-10-21-14-19(8-11-20(21)13-18)9-12-23-24(26)15-22(28-17-29)16-25(23)27/h7,10,13-16H,2-6,8,11H2,1H3. The fourth-order valence-electron chi connectivity index (χ4n) is 3.49. The van der Waals surface area contributed by atoms with Crippen LogP contribution in [0.3, 0.4) is 0 Å².